The third-order valence-electron chi connectivity index (χ3n) is 2.36. The maximum absolute atomic E-state index is 12.9. The number of rotatable bonds is 3. The molecule has 0 saturated heterocycles. The normalized spacial score (nSPS) is 11.1. The molecule has 92 valence electrons. The van der Waals surface area contributed by atoms with Crippen LogP contribution >= 0.6 is 0 Å². The van der Waals surface area contributed by atoms with Crippen LogP contribution in [-0.4, -0.2) is 15.6 Å². The van der Waals surface area contributed by atoms with Crippen molar-refractivity contribution in [1.82, 2.24) is 9.78 Å². The van der Waals surface area contributed by atoms with Gasteiger partial charge in [-0.25, -0.2) is 8.78 Å². The lowest BCUT2D eigenvalue weighted by molar-refractivity contribution is 0.104. The SMILES string of the molecule is Cn1cc(/C=C/C(=O)c2ccc(F)c(F)c2)cn1. The van der Waals surface area contributed by atoms with Gasteiger partial charge in [0.15, 0.2) is 17.4 Å². The van der Waals surface area contributed by atoms with Gasteiger partial charge in [-0.2, -0.15) is 5.10 Å². The van der Waals surface area contributed by atoms with Crippen molar-refractivity contribution in [2.24, 2.45) is 7.05 Å². The Morgan fingerprint density at radius 2 is 2.11 bits per heavy atom. The topological polar surface area (TPSA) is 34.9 Å². The summed E-state index contributed by atoms with van der Waals surface area (Å²) in [7, 11) is 1.76. The number of allylic oxidation sites excluding steroid dienone is 1. The van der Waals surface area contributed by atoms with E-state index in [1.807, 2.05) is 0 Å². The number of nitrogens with zero attached hydrogens (tertiary/aromatic N) is 2. The second-order valence-corrected chi connectivity index (χ2v) is 3.77. The van der Waals surface area contributed by atoms with E-state index in [2.05, 4.69) is 5.10 Å². The van der Waals surface area contributed by atoms with Crippen molar-refractivity contribution in [3.8, 4) is 0 Å². The number of benzene rings is 1. The molecule has 0 aliphatic carbocycles. The smallest absolute Gasteiger partial charge is 0.185 e. The Labute approximate surface area is 102 Å². The van der Waals surface area contributed by atoms with E-state index in [9.17, 15) is 13.6 Å². The van der Waals surface area contributed by atoms with Gasteiger partial charge in [-0.05, 0) is 30.4 Å². The fourth-order valence-corrected chi connectivity index (χ4v) is 1.44. The zero-order valence-electron chi connectivity index (χ0n) is 9.60. The summed E-state index contributed by atoms with van der Waals surface area (Å²) in [6, 6.07) is 3.06. The molecule has 0 aliphatic rings. The molecule has 1 heterocycles. The molecule has 0 N–H and O–H groups in total. The predicted octanol–water partition coefficient (Wildman–Crippen LogP) is 2.59. The zero-order valence-corrected chi connectivity index (χ0v) is 9.60. The molecule has 1 aromatic carbocycles. The third-order valence-corrected chi connectivity index (χ3v) is 2.36. The van der Waals surface area contributed by atoms with E-state index in [0.717, 1.165) is 17.7 Å². The number of aromatic nitrogens is 2. The number of aryl methyl sites for hydroxylation is 1. The largest absolute Gasteiger partial charge is 0.289 e. The van der Waals surface area contributed by atoms with E-state index < -0.39 is 17.4 Å². The summed E-state index contributed by atoms with van der Waals surface area (Å²) in [5.74, 6) is -2.39. The minimum Gasteiger partial charge on any atom is -0.289 e. The lowest BCUT2D eigenvalue weighted by Crippen LogP contribution is -1.96. The van der Waals surface area contributed by atoms with Crippen molar-refractivity contribution in [3.63, 3.8) is 0 Å². The van der Waals surface area contributed by atoms with Crippen LogP contribution in [0.15, 0.2) is 36.7 Å². The maximum atomic E-state index is 12.9. The summed E-state index contributed by atoms with van der Waals surface area (Å²) in [4.78, 5) is 11.7. The molecule has 0 saturated carbocycles. The van der Waals surface area contributed by atoms with Crippen LogP contribution < -0.4 is 0 Å². The van der Waals surface area contributed by atoms with Crippen LogP contribution in [0.2, 0.25) is 0 Å². The standard InChI is InChI=1S/C13H10F2N2O/c1-17-8-9(7-16-17)2-5-13(18)10-3-4-11(14)12(15)6-10/h2-8H,1H3/b5-2+. The highest BCUT2D eigenvalue weighted by molar-refractivity contribution is 6.06. The first-order valence-electron chi connectivity index (χ1n) is 5.22. The van der Waals surface area contributed by atoms with Crippen LogP contribution in [-0.2, 0) is 7.05 Å². The second-order valence-electron chi connectivity index (χ2n) is 3.77. The summed E-state index contributed by atoms with van der Waals surface area (Å²) in [6.07, 6.45) is 6.18. The van der Waals surface area contributed by atoms with Crippen LogP contribution in [0.25, 0.3) is 6.08 Å². The molecule has 0 amide bonds. The van der Waals surface area contributed by atoms with Crippen LogP contribution in [0.3, 0.4) is 0 Å². The summed E-state index contributed by atoms with van der Waals surface area (Å²) < 4.78 is 27.2. The van der Waals surface area contributed by atoms with Gasteiger partial charge in [-0.3, -0.25) is 9.48 Å². The monoisotopic (exact) mass is 248 g/mol. The molecule has 2 rings (SSSR count). The van der Waals surface area contributed by atoms with Crippen molar-refractivity contribution in [1.29, 1.82) is 0 Å². The summed E-state index contributed by atoms with van der Waals surface area (Å²) >= 11 is 0. The Bertz CT molecular complexity index is 617. The maximum Gasteiger partial charge on any atom is 0.185 e. The molecule has 0 unspecified atom stereocenters. The number of hydrogen-bond donors (Lipinski definition) is 0. The van der Waals surface area contributed by atoms with Gasteiger partial charge in [-0.15, -0.1) is 0 Å². The van der Waals surface area contributed by atoms with E-state index in [1.165, 1.54) is 12.1 Å². The van der Waals surface area contributed by atoms with Crippen molar-refractivity contribution in [2.45, 2.75) is 0 Å². The molecule has 18 heavy (non-hydrogen) atoms. The average molecular weight is 248 g/mol. The Morgan fingerprint density at radius 1 is 1.33 bits per heavy atom. The van der Waals surface area contributed by atoms with E-state index in [0.29, 0.717) is 0 Å². The van der Waals surface area contributed by atoms with Crippen molar-refractivity contribution in [3.05, 3.63) is 59.4 Å². The molecule has 0 spiro atoms. The fourth-order valence-electron chi connectivity index (χ4n) is 1.44. The number of ketones is 1. The van der Waals surface area contributed by atoms with Gasteiger partial charge in [0.1, 0.15) is 0 Å². The fraction of sp³-hybridized carbons (Fsp3) is 0.0769. The Hall–Kier alpha value is -2.30. The molecule has 0 fully saturated rings. The minimum absolute atomic E-state index is 0.106. The number of carbonyl (C=O) groups excluding carboxylic acids is 1. The first kappa shape index (κ1) is 12.2. The van der Waals surface area contributed by atoms with Crippen LogP contribution in [0.5, 0.6) is 0 Å². The van der Waals surface area contributed by atoms with Gasteiger partial charge in [0.25, 0.3) is 0 Å². The van der Waals surface area contributed by atoms with Gasteiger partial charge >= 0.3 is 0 Å². The molecule has 3 nitrogen and oxygen atoms in total. The quantitative estimate of drug-likeness (QED) is 0.618. The van der Waals surface area contributed by atoms with E-state index >= 15 is 0 Å². The van der Waals surface area contributed by atoms with Gasteiger partial charge in [0, 0.05) is 24.4 Å². The molecule has 5 heteroatoms. The number of carbonyl (C=O) groups is 1. The molecule has 0 atom stereocenters. The van der Waals surface area contributed by atoms with Crippen LogP contribution in [0.1, 0.15) is 15.9 Å². The highest BCUT2D eigenvalue weighted by Gasteiger charge is 2.07. The Morgan fingerprint density at radius 3 is 2.72 bits per heavy atom. The molecule has 2 aromatic rings. The first-order valence-corrected chi connectivity index (χ1v) is 5.22. The highest BCUT2D eigenvalue weighted by Crippen LogP contribution is 2.10. The second kappa shape index (κ2) is 4.91. The molecule has 0 bridgehead atoms. The Balaban J connectivity index is 2.16. The van der Waals surface area contributed by atoms with Crippen LogP contribution in [0, 0.1) is 11.6 Å². The molecular weight excluding hydrogens is 238 g/mol. The lowest BCUT2D eigenvalue weighted by atomic mass is 10.1. The number of hydrogen-bond acceptors (Lipinski definition) is 2. The summed E-state index contributed by atoms with van der Waals surface area (Å²) in [5, 5.41) is 3.94. The molecule has 1 aromatic heterocycles. The number of halogens is 2. The van der Waals surface area contributed by atoms with Gasteiger partial charge in [-0.1, -0.05) is 0 Å². The highest BCUT2D eigenvalue weighted by atomic mass is 19.2. The first-order chi connectivity index (χ1) is 8.56. The van der Waals surface area contributed by atoms with Crippen molar-refractivity contribution in [2.75, 3.05) is 0 Å². The van der Waals surface area contributed by atoms with Gasteiger partial charge < -0.3 is 0 Å². The Kier molecular flexibility index (Phi) is 3.32. The van der Waals surface area contributed by atoms with Gasteiger partial charge in [0.2, 0.25) is 0 Å². The molecule has 0 aliphatic heterocycles. The van der Waals surface area contributed by atoms with E-state index in [4.69, 9.17) is 0 Å². The average Bonchev–Trinajstić information content (AvgIpc) is 2.75. The predicted molar refractivity (Wildman–Crippen MR) is 62.9 cm³/mol. The van der Waals surface area contributed by atoms with E-state index in [1.54, 1.807) is 30.2 Å². The third kappa shape index (κ3) is 2.68. The molecule has 0 radical (unpaired) electrons. The van der Waals surface area contributed by atoms with Crippen molar-refractivity contribution < 1.29 is 13.6 Å². The molecular formula is C13H10F2N2O. The van der Waals surface area contributed by atoms with E-state index in [-0.39, 0.29) is 5.56 Å². The van der Waals surface area contributed by atoms with Crippen LogP contribution in [0.4, 0.5) is 8.78 Å². The van der Waals surface area contributed by atoms with Gasteiger partial charge in [0.05, 0.1) is 6.20 Å². The lowest BCUT2D eigenvalue weighted by Gasteiger charge is -1.96. The van der Waals surface area contributed by atoms with Crippen molar-refractivity contribution >= 4 is 11.9 Å². The summed E-state index contributed by atoms with van der Waals surface area (Å²) in [6.45, 7) is 0. The summed E-state index contributed by atoms with van der Waals surface area (Å²) in [5.41, 5.74) is 0.863. The minimum atomic E-state index is -1.03. The zero-order chi connectivity index (χ0) is 13.1.